The van der Waals surface area contributed by atoms with E-state index < -0.39 is 5.91 Å². The zero-order chi connectivity index (χ0) is 19.5. The molecule has 0 radical (unpaired) electrons. The van der Waals surface area contributed by atoms with Gasteiger partial charge in [-0.2, -0.15) is 0 Å². The van der Waals surface area contributed by atoms with Crippen molar-refractivity contribution in [3.63, 3.8) is 0 Å². The molecule has 0 fully saturated rings. The van der Waals surface area contributed by atoms with Crippen molar-refractivity contribution in [1.29, 1.82) is 0 Å². The van der Waals surface area contributed by atoms with Crippen molar-refractivity contribution < 1.29 is 14.0 Å². The molecule has 1 aromatic heterocycles. The number of nitrogens with one attached hydrogen (secondary N) is 2. The molecule has 3 aromatic rings. The number of rotatable bonds is 4. The van der Waals surface area contributed by atoms with E-state index in [-0.39, 0.29) is 23.2 Å². The SMILES string of the molecule is O=C(Nc1ccc(F)cc1)c1nc(C(=O)Nc2ccccc2)n2c1CCCC2. The molecule has 1 aliphatic heterocycles. The zero-order valence-corrected chi connectivity index (χ0v) is 15.1. The van der Waals surface area contributed by atoms with Gasteiger partial charge in [-0.1, -0.05) is 18.2 Å². The van der Waals surface area contributed by atoms with Crippen LogP contribution in [0.2, 0.25) is 0 Å². The van der Waals surface area contributed by atoms with E-state index in [1.807, 2.05) is 22.8 Å². The first-order valence-corrected chi connectivity index (χ1v) is 9.14. The number of fused-ring (bicyclic) bond motifs is 1. The van der Waals surface area contributed by atoms with Crippen molar-refractivity contribution >= 4 is 23.2 Å². The lowest BCUT2D eigenvalue weighted by Gasteiger charge is -2.17. The van der Waals surface area contributed by atoms with Crippen LogP contribution in [0.1, 0.15) is 39.6 Å². The highest BCUT2D eigenvalue weighted by Crippen LogP contribution is 2.23. The van der Waals surface area contributed by atoms with Crippen LogP contribution in [0.25, 0.3) is 0 Å². The van der Waals surface area contributed by atoms with Gasteiger partial charge in [0.1, 0.15) is 5.82 Å². The summed E-state index contributed by atoms with van der Waals surface area (Å²) in [5.74, 6) is -0.911. The third kappa shape index (κ3) is 3.64. The standard InChI is InChI=1S/C21H19FN4O2/c22-14-9-11-16(12-10-14)23-20(27)18-17-8-4-5-13-26(17)19(25-18)21(28)24-15-6-2-1-3-7-15/h1-3,6-7,9-12H,4-5,8,13H2,(H,23,27)(H,24,28). The predicted octanol–water partition coefficient (Wildman–Crippen LogP) is 3.86. The minimum Gasteiger partial charge on any atom is -0.323 e. The van der Waals surface area contributed by atoms with Crippen LogP contribution in [0, 0.1) is 5.82 Å². The molecule has 2 amide bonds. The third-order valence-corrected chi connectivity index (χ3v) is 4.67. The van der Waals surface area contributed by atoms with Crippen molar-refractivity contribution in [3.05, 3.63) is 77.6 Å². The van der Waals surface area contributed by atoms with Gasteiger partial charge in [0.05, 0.1) is 5.69 Å². The van der Waals surface area contributed by atoms with Gasteiger partial charge in [0.15, 0.2) is 11.5 Å². The lowest BCUT2D eigenvalue weighted by Crippen LogP contribution is -2.21. The Kier molecular flexibility index (Phi) is 4.89. The Morgan fingerprint density at radius 2 is 1.57 bits per heavy atom. The van der Waals surface area contributed by atoms with E-state index in [2.05, 4.69) is 15.6 Å². The summed E-state index contributed by atoms with van der Waals surface area (Å²) in [6.45, 7) is 0.643. The number of nitrogens with zero attached hydrogens (tertiary/aromatic N) is 2. The second-order valence-corrected chi connectivity index (χ2v) is 6.62. The average molecular weight is 378 g/mol. The molecule has 0 atom stereocenters. The highest BCUT2D eigenvalue weighted by Gasteiger charge is 2.27. The highest BCUT2D eigenvalue weighted by molar-refractivity contribution is 6.06. The van der Waals surface area contributed by atoms with Crippen LogP contribution in [-0.2, 0) is 13.0 Å². The normalized spacial score (nSPS) is 12.9. The second kappa shape index (κ2) is 7.64. The number of amides is 2. The molecule has 2 aromatic carbocycles. The van der Waals surface area contributed by atoms with E-state index in [4.69, 9.17) is 0 Å². The number of para-hydroxylation sites is 1. The van der Waals surface area contributed by atoms with Gasteiger partial charge in [-0.15, -0.1) is 0 Å². The van der Waals surface area contributed by atoms with Crippen molar-refractivity contribution in [1.82, 2.24) is 9.55 Å². The summed E-state index contributed by atoms with van der Waals surface area (Å²) < 4.78 is 14.9. The van der Waals surface area contributed by atoms with E-state index in [9.17, 15) is 14.0 Å². The number of aromatic nitrogens is 2. The van der Waals surface area contributed by atoms with Crippen LogP contribution in [0.3, 0.4) is 0 Å². The fraction of sp³-hybridized carbons (Fsp3) is 0.190. The van der Waals surface area contributed by atoms with E-state index in [1.165, 1.54) is 24.3 Å². The molecule has 0 saturated heterocycles. The quantitative estimate of drug-likeness (QED) is 0.724. The fourth-order valence-electron chi connectivity index (χ4n) is 3.33. The molecular weight excluding hydrogens is 359 g/mol. The molecule has 2 N–H and O–H groups in total. The topological polar surface area (TPSA) is 76.0 Å². The maximum absolute atomic E-state index is 13.1. The monoisotopic (exact) mass is 378 g/mol. The van der Waals surface area contributed by atoms with E-state index in [0.717, 1.165) is 18.5 Å². The molecule has 4 rings (SSSR count). The molecule has 28 heavy (non-hydrogen) atoms. The Hall–Kier alpha value is -3.48. The summed E-state index contributed by atoms with van der Waals surface area (Å²) in [4.78, 5) is 29.9. The summed E-state index contributed by atoms with van der Waals surface area (Å²) in [6.07, 6.45) is 2.54. The van der Waals surface area contributed by atoms with Crippen molar-refractivity contribution in [2.75, 3.05) is 10.6 Å². The molecule has 0 bridgehead atoms. The molecule has 0 spiro atoms. The minimum absolute atomic E-state index is 0.225. The van der Waals surface area contributed by atoms with Crippen LogP contribution >= 0.6 is 0 Å². The first-order valence-electron chi connectivity index (χ1n) is 9.14. The molecule has 142 valence electrons. The van der Waals surface area contributed by atoms with Gasteiger partial charge in [0.25, 0.3) is 11.8 Å². The molecule has 6 nitrogen and oxygen atoms in total. The van der Waals surface area contributed by atoms with Crippen molar-refractivity contribution in [2.24, 2.45) is 0 Å². The molecule has 2 heterocycles. The first-order chi connectivity index (χ1) is 13.6. The van der Waals surface area contributed by atoms with Crippen LogP contribution in [0.15, 0.2) is 54.6 Å². The molecular formula is C21H19FN4O2. The number of imidazole rings is 1. The van der Waals surface area contributed by atoms with Crippen LogP contribution in [0.4, 0.5) is 15.8 Å². The molecule has 1 aliphatic rings. The van der Waals surface area contributed by atoms with Gasteiger partial charge in [-0.25, -0.2) is 9.37 Å². The smallest absolute Gasteiger partial charge is 0.291 e. The number of hydrogen-bond donors (Lipinski definition) is 2. The van der Waals surface area contributed by atoms with E-state index >= 15 is 0 Å². The van der Waals surface area contributed by atoms with Gasteiger partial charge in [-0.05, 0) is 55.7 Å². The van der Waals surface area contributed by atoms with E-state index in [1.54, 1.807) is 12.1 Å². The minimum atomic E-state index is -0.406. The average Bonchev–Trinajstić information content (AvgIpc) is 3.10. The number of carbonyl (C=O) groups is 2. The number of benzene rings is 2. The summed E-state index contributed by atoms with van der Waals surface area (Å²) in [6, 6.07) is 14.6. The zero-order valence-electron chi connectivity index (χ0n) is 15.1. The summed E-state index contributed by atoms with van der Waals surface area (Å²) in [5.41, 5.74) is 2.13. The third-order valence-electron chi connectivity index (χ3n) is 4.67. The van der Waals surface area contributed by atoms with Crippen LogP contribution < -0.4 is 10.6 Å². The molecule has 7 heteroatoms. The lowest BCUT2D eigenvalue weighted by molar-refractivity contribution is 0.101. The molecule has 0 aliphatic carbocycles. The Balaban J connectivity index is 1.62. The Morgan fingerprint density at radius 1 is 0.893 bits per heavy atom. The summed E-state index contributed by atoms with van der Waals surface area (Å²) >= 11 is 0. The van der Waals surface area contributed by atoms with Crippen molar-refractivity contribution in [2.45, 2.75) is 25.8 Å². The molecule has 0 unspecified atom stereocenters. The number of carbonyl (C=O) groups excluding carboxylic acids is 2. The number of anilines is 2. The van der Waals surface area contributed by atoms with Gasteiger partial charge in [0.2, 0.25) is 0 Å². The Bertz CT molecular complexity index is 1010. The summed E-state index contributed by atoms with van der Waals surface area (Å²) in [7, 11) is 0. The summed E-state index contributed by atoms with van der Waals surface area (Å²) in [5, 5.41) is 5.55. The molecule has 0 saturated carbocycles. The highest BCUT2D eigenvalue weighted by atomic mass is 19.1. The Morgan fingerprint density at radius 3 is 2.32 bits per heavy atom. The first kappa shape index (κ1) is 17.9. The van der Waals surface area contributed by atoms with E-state index in [0.29, 0.717) is 24.3 Å². The van der Waals surface area contributed by atoms with Gasteiger partial charge >= 0.3 is 0 Å². The van der Waals surface area contributed by atoms with Crippen LogP contribution in [0.5, 0.6) is 0 Å². The Labute approximate surface area is 161 Å². The maximum Gasteiger partial charge on any atom is 0.291 e. The number of hydrogen-bond acceptors (Lipinski definition) is 3. The van der Waals surface area contributed by atoms with Crippen molar-refractivity contribution in [3.8, 4) is 0 Å². The second-order valence-electron chi connectivity index (χ2n) is 6.62. The lowest BCUT2D eigenvalue weighted by atomic mass is 10.1. The van der Waals surface area contributed by atoms with Crippen LogP contribution in [-0.4, -0.2) is 21.4 Å². The largest absolute Gasteiger partial charge is 0.323 e. The van der Waals surface area contributed by atoms with Gasteiger partial charge in [-0.3, -0.25) is 9.59 Å². The predicted molar refractivity (Wildman–Crippen MR) is 104 cm³/mol. The van der Waals surface area contributed by atoms with Gasteiger partial charge < -0.3 is 15.2 Å². The van der Waals surface area contributed by atoms with Gasteiger partial charge in [0, 0.05) is 17.9 Å². The maximum atomic E-state index is 13.1. The number of halogens is 1. The fourth-order valence-corrected chi connectivity index (χ4v) is 3.33.